The molecule has 1 aromatic carbocycles. The molecule has 0 radical (unpaired) electrons. The van der Waals surface area contributed by atoms with Crippen LogP contribution in [0.2, 0.25) is 0 Å². The lowest BCUT2D eigenvalue weighted by Crippen LogP contribution is -2.23. The molecular formula is C14H18O4. The Hall–Kier alpha value is -1.68. The Labute approximate surface area is 107 Å². The van der Waals surface area contributed by atoms with Crippen LogP contribution in [0.3, 0.4) is 0 Å². The van der Waals surface area contributed by atoms with Crippen molar-refractivity contribution < 1.29 is 19.4 Å². The lowest BCUT2D eigenvalue weighted by atomic mass is 9.99. The van der Waals surface area contributed by atoms with E-state index >= 15 is 0 Å². The van der Waals surface area contributed by atoms with Crippen LogP contribution in [-0.4, -0.2) is 23.0 Å². The van der Waals surface area contributed by atoms with Gasteiger partial charge in [-0.3, -0.25) is 4.79 Å². The Bertz CT molecular complexity index is 461. The Morgan fingerprint density at radius 2 is 1.83 bits per heavy atom. The van der Waals surface area contributed by atoms with E-state index in [1.54, 1.807) is 12.1 Å². The number of benzene rings is 1. The Morgan fingerprint density at radius 1 is 1.22 bits per heavy atom. The highest BCUT2D eigenvalue weighted by Gasteiger charge is 2.17. The lowest BCUT2D eigenvalue weighted by molar-refractivity contribution is -0.142. The van der Waals surface area contributed by atoms with Gasteiger partial charge >= 0.3 is 5.97 Å². The van der Waals surface area contributed by atoms with Crippen LogP contribution in [-0.2, 0) is 4.79 Å². The van der Waals surface area contributed by atoms with Gasteiger partial charge in [-0.25, -0.2) is 4.79 Å². The summed E-state index contributed by atoms with van der Waals surface area (Å²) >= 11 is 0. The molecule has 1 N–H and O–H groups in total. The third-order valence-corrected chi connectivity index (χ3v) is 2.60. The summed E-state index contributed by atoms with van der Waals surface area (Å²) in [7, 11) is 0. The van der Waals surface area contributed by atoms with E-state index in [2.05, 4.69) is 0 Å². The fourth-order valence-corrected chi connectivity index (χ4v) is 1.46. The Balaban J connectivity index is 3.12. The molecule has 4 heteroatoms. The highest BCUT2D eigenvalue weighted by molar-refractivity contribution is 5.97. The summed E-state index contributed by atoms with van der Waals surface area (Å²) in [5.74, 6) is -0.469. The van der Waals surface area contributed by atoms with Crippen LogP contribution in [0, 0.1) is 0 Å². The number of ketones is 1. The summed E-state index contributed by atoms with van der Waals surface area (Å²) in [6.07, 6.45) is -1.21. The van der Waals surface area contributed by atoms with Gasteiger partial charge in [0.15, 0.2) is 5.78 Å². The minimum atomic E-state index is -1.21. The molecule has 1 aromatic rings. The van der Waals surface area contributed by atoms with Gasteiger partial charge in [0.1, 0.15) is 11.9 Å². The number of Topliss-reactive ketones (excluding diaryl/α,β-unsaturated/α-hetero) is 1. The fourth-order valence-electron chi connectivity index (χ4n) is 1.46. The first-order valence-electron chi connectivity index (χ1n) is 5.87. The van der Waals surface area contributed by atoms with Crippen LogP contribution in [0.5, 0.6) is 5.75 Å². The lowest BCUT2D eigenvalue weighted by Gasteiger charge is -2.12. The van der Waals surface area contributed by atoms with E-state index in [1.165, 1.54) is 13.8 Å². The first-order chi connectivity index (χ1) is 8.32. The van der Waals surface area contributed by atoms with E-state index < -0.39 is 12.1 Å². The first kappa shape index (κ1) is 14.4. The molecule has 0 bridgehead atoms. The number of carbonyl (C=O) groups excluding carboxylic acids is 2. The molecule has 0 aliphatic carbocycles. The van der Waals surface area contributed by atoms with Crippen molar-refractivity contribution in [2.75, 3.05) is 0 Å². The van der Waals surface area contributed by atoms with Gasteiger partial charge in [-0.2, -0.15) is 0 Å². The first-order valence-corrected chi connectivity index (χ1v) is 5.87. The molecule has 1 rings (SSSR count). The zero-order valence-corrected chi connectivity index (χ0v) is 11.1. The highest BCUT2D eigenvalue weighted by atomic mass is 16.5. The molecule has 0 fully saturated rings. The molecule has 98 valence electrons. The standard InChI is InChI=1S/C14H18O4/c1-8(2)11-5-6-13(12(7-11)9(3)15)18-14(17)10(4)16/h5-8,10,16H,1-4H3. The number of aliphatic hydroxyl groups is 1. The van der Waals surface area contributed by atoms with Crippen LogP contribution in [0.15, 0.2) is 18.2 Å². The summed E-state index contributed by atoms with van der Waals surface area (Å²) < 4.78 is 4.99. The van der Waals surface area contributed by atoms with Crippen molar-refractivity contribution in [2.24, 2.45) is 0 Å². The van der Waals surface area contributed by atoms with Gasteiger partial charge in [0.05, 0.1) is 5.56 Å². The maximum absolute atomic E-state index is 11.5. The second-order valence-corrected chi connectivity index (χ2v) is 4.56. The summed E-state index contributed by atoms with van der Waals surface area (Å²) in [6, 6.07) is 5.12. The molecule has 0 spiro atoms. The van der Waals surface area contributed by atoms with Gasteiger partial charge in [0.25, 0.3) is 0 Å². The minimum absolute atomic E-state index is 0.175. The zero-order chi connectivity index (χ0) is 13.9. The molecule has 1 atom stereocenters. The number of ether oxygens (including phenoxy) is 1. The largest absolute Gasteiger partial charge is 0.424 e. The molecular weight excluding hydrogens is 232 g/mol. The summed E-state index contributed by atoms with van der Waals surface area (Å²) in [5.41, 5.74) is 1.35. The Morgan fingerprint density at radius 3 is 2.28 bits per heavy atom. The minimum Gasteiger partial charge on any atom is -0.424 e. The predicted molar refractivity (Wildman–Crippen MR) is 67.9 cm³/mol. The third kappa shape index (κ3) is 3.40. The van der Waals surface area contributed by atoms with Crippen LogP contribution >= 0.6 is 0 Å². The molecule has 0 aliphatic rings. The summed E-state index contributed by atoms with van der Waals surface area (Å²) in [4.78, 5) is 22.9. The highest BCUT2D eigenvalue weighted by Crippen LogP contribution is 2.25. The van der Waals surface area contributed by atoms with Crippen molar-refractivity contribution in [1.82, 2.24) is 0 Å². The maximum Gasteiger partial charge on any atom is 0.340 e. The topological polar surface area (TPSA) is 63.6 Å². The second kappa shape index (κ2) is 5.78. The summed E-state index contributed by atoms with van der Waals surface area (Å²) in [5, 5.41) is 9.10. The summed E-state index contributed by atoms with van der Waals surface area (Å²) in [6.45, 7) is 6.76. The maximum atomic E-state index is 11.5. The number of hydrogen-bond acceptors (Lipinski definition) is 4. The molecule has 0 amide bonds. The average molecular weight is 250 g/mol. The van der Waals surface area contributed by atoms with Gasteiger partial charge < -0.3 is 9.84 Å². The van der Waals surface area contributed by atoms with Gasteiger partial charge in [-0.15, -0.1) is 0 Å². The van der Waals surface area contributed by atoms with Crippen LogP contribution in [0.25, 0.3) is 0 Å². The fraction of sp³-hybridized carbons (Fsp3) is 0.429. The van der Waals surface area contributed by atoms with Gasteiger partial charge in [0.2, 0.25) is 0 Å². The van der Waals surface area contributed by atoms with Crippen molar-refractivity contribution in [3.63, 3.8) is 0 Å². The van der Waals surface area contributed by atoms with E-state index in [0.717, 1.165) is 5.56 Å². The zero-order valence-electron chi connectivity index (χ0n) is 11.1. The number of hydrogen-bond donors (Lipinski definition) is 1. The molecule has 18 heavy (non-hydrogen) atoms. The third-order valence-electron chi connectivity index (χ3n) is 2.60. The molecule has 0 saturated carbocycles. The van der Waals surface area contributed by atoms with Crippen LogP contribution in [0.1, 0.15) is 49.5 Å². The number of esters is 1. The molecule has 1 unspecified atom stereocenters. The molecule has 0 aromatic heterocycles. The SMILES string of the molecule is CC(=O)c1cc(C(C)C)ccc1OC(=O)C(C)O. The van der Waals surface area contributed by atoms with E-state index in [-0.39, 0.29) is 17.5 Å². The van der Waals surface area contributed by atoms with Gasteiger partial charge in [0, 0.05) is 0 Å². The quantitative estimate of drug-likeness (QED) is 0.506. The van der Waals surface area contributed by atoms with Crippen molar-refractivity contribution >= 4 is 11.8 Å². The predicted octanol–water partition coefficient (Wildman–Crippen LogP) is 2.30. The average Bonchev–Trinajstić information content (AvgIpc) is 2.28. The van der Waals surface area contributed by atoms with E-state index in [0.29, 0.717) is 5.56 Å². The van der Waals surface area contributed by atoms with E-state index in [1.807, 2.05) is 19.9 Å². The normalized spacial score (nSPS) is 12.3. The molecule has 0 heterocycles. The van der Waals surface area contributed by atoms with E-state index in [9.17, 15) is 9.59 Å². The van der Waals surface area contributed by atoms with Crippen LogP contribution in [0.4, 0.5) is 0 Å². The molecule has 0 aliphatic heterocycles. The van der Waals surface area contributed by atoms with Crippen molar-refractivity contribution in [3.8, 4) is 5.75 Å². The van der Waals surface area contributed by atoms with Gasteiger partial charge in [-0.05, 0) is 37.5 Å². The van der Waals surface area contributed by atoms with E-state index in [4.69, 9.17) is 9.84 Å². The molecule has 4 nitrogen and oxygen atoms in total. The Kier molecular flexibility index (Phi) is 4.62. The second-order valence-electron chi connectivity index (χ2n) is 4.56. The number of aliphatic hydroxyl groups excluding tert-OH is 1. The smallest absolute Gasteiger partial charge is 0.340 e. The molecule has 0 saturated heterocycles. The van der Waals surface area contributed by atoms with Gasteiger partial charge in [-0.1, -0.05) is 19.9 Å². The van der Waals surface area contributed by atoms with Crippen molar-refractivity contribution in [3.05, 3.63) is 29.3 Å². The number of rotatable bonds is 4. The van der Waals surface area contributed by atoms with Crippen LogP contribution < -0.4 is 4.74 Å². The van der Waals surface area contributed by atoms with Crippen molar-refractivity contribution in [2.45, 2.75) is 39.7 Å². The number of carbonyl (C=O) groups is 2. The van der Waals surface area contributed by atoms with Crippen molar-refractivity contribution in [1.29, 1.82) is 0 Å². The monoisotopic (exact) mass is 250 g/mol.